The van der Waals surface area contributed by atoms with Crippen LogP contribution < -0.4 is 9.64 Å². The SMILES string of the molecule is C=C(C)C(=O)Oc1ccc(N(c2ccc(-c3ccccc3)cc2)c2ccc(-c3ccc(O)cc3)cc2)cc1. The van der Waals surface area contributed by atoms with E-state index in [1.54, 1.807) is 31.2 Å². The van der Waals surface area contributed by atoms with Gasteiger partial charge in [-0.05, 0) is 89.8 Å². The number of aromatic hydroxyl groups is 1. The normalized spacial score (nSPS) is 10.6. The minimum Gasteiger partial charge on any atom is -0.508 e. The van der Waals surface area contributed by atoms with Gasteiger partial charge in [0.2, 0.25) is 0 Å². The standard InChI is InChI=1S/C34H27NO3/c1-24(2)34(37)38-33-22-18-31(19-23-33)35(29-14-8-26(9-15-29)25-6-4-3-5-7-25)30-16-10-27(11-17-30)28-12-20-32(36)21-13-28/h3-23,36H,1H2,2H3. The number of benzene rings is 5. The van der Waals surface area contributed by atoms with Crippen molar-refractivity contribution in [3.05, 3.63) is 140 Å². The molecule has 0 aromatic heterocycles. The Bertz CT molecular complexity index is 1540. The van der Waals surface area contributed by atoms with E-state index in [0.717, 1.165) is 39.3 Å². The average molecular weight is 498 g/mol. The maximum absolute atomic E-state index is 11.9. The highest BCUT2D eigenvalue weighted by molar-refractivity contribution is 5.89. The van der Waals surface area contributed by atoms with Crippen molar-refractivity contribution in [2.75, 3.05) is 4.90 Å². The molecule has 1 N–H and O–H groups in total. The van der Waals surface area contributed by atoms with E-state index in [4.69, 9.17) is 4.74 Å². The number of esters is 1. The lowest BCUT2D eigenvalue weighted by atomic mass is 10.0. The van der Waals surface area contributed by atoms with Crippen molar-refractivity contribution < 1.29 is 14.6 Å². The Morgan fingerprint density at radius 1 is 0.605 bits per heavy atom. The van der Waals surface area contributed by atoms with Crippen LogP contribution >= 0.6 is 0 Å². The molecule has 0 radical (unpaired) electrons. The summed E-state index contributed by atoms with van der Waals surface area (Å²) in [6.45, 7) is 5.27. The Labute approximate surface area is 222 Å². The molecule has 5 aromatic carbocycles. The van der Waals surface area contributed by atoms with E-state index >= 15 is 0 Å². The van der Waals surface area contributed by atoms with Crippen molar-refractivity contribution in [1.29, 1.82) is 0 Å². The molecule has 4 heteroatoms. The molecule has 5 aromatic rings. The maximum Gasteiger partial charge on any atom is 0.338 e. The molecule has 0 aliphatic rings. The van der Waals surface area contributed by atoms with Crippen LogP contribution in [0.4, 0.5) is 17.1 Å². The number of phenolic OH excluding ortho intramolecular Hbond substituents is 1. The summed E-state index contributed by atoms with van der Waals surface area (Å²) < 4.78 is 5.39. The van der Waals surface area contributed by atoms with Crippen molar-refractivity contribution in [3.8, 4) is 33.8 Å². The molecule has 0 aliphatic carbocycles. The van der Waals surface area contributed by atoms with Gasteiger partial charge >= 0.3 is 5.97 Å². The molecular weight excluding hydrogens is 470 g/mol. The minimum absolute atomic E-state index is 0.243. The summed E-state index contributed by atoms with van der Waals surface area (Å²) in [7, 11) is 0. The quantitative estimate of drug-likeness (QED) is 0.139. The van der Waals surface area contributed by atoms with Gasteiger partial charge in [0.15, 0.2) is 0 Å². The van der Waals surface area contributed by atoms with E-state index in [1.165, 1.54) is 0 Å². The van der Waals surface area contributed by atoms with Crippen molar-refractivity contribution in [3.63, 3.8) is 0 Å². The second-order valence-electron chi connectivity index (χ2n) is 9.01. The Balaban J connectivity index is 1.50. The maximum atomic E-state index is 11.9. The first-order chi connectivity index (χ1) is 18.5. The highest BCUT2D eigenvalue weighted by atomic mass is 16.5. The van der Waals surface area contributed by atoms with Gasteiger partial charge < -0.3 is 14.7 Å². The molecule has 0 aliphatic heterocycles. The molecule has 0 bridgehead atoms. The summed E-state index contributed by atoms with van der Waals surface area (Å²) >= 11 is 0. The molecule has 0 heterocycles. The number of phenols is 1. The zero-order valence-electron chi connectivity index (χ0n) is 21.0. The van der Waals surface area contributed by atoms with E-state index in [-0.39, 0.29) is 5.75 Å². The number of hydrogen-bond donors (Lipinski definition) is 1. The second kappa shape index (κ2) is 10.9. The average Bonchev–Trinajstić information content (AvgIpc) is 2.96. The van der Waals surface area contributed by atoms with Crippen molar-refractivity contribution in [2.45, 2.75) is 6.92 Å². The van der Waals surface area contributed by atoms with Gasteiger partial charge in [0.25, 0.3) is 0 Å². The van der Waals surface area contributed by atoms with Crippen molar-refractivity contribution >= 4 is 23.0 Å². The van der Waals surface area contributed by atoms with E-state index in [2.05, 4.69) is 72.1 Å². The molecule has 0 atom stereocenters. The summed E-state index contributed by atoms with van der Waals surface area (Å²) in [4.78, 5) is 14.1. The number of anilines is 3. The molecule has 5 rings (SSSR count). The summed E-state index contributed by atoms with van der Waals surface area (Å²) in [5.41, 5.74) is 7.62. The van der Waals surface area contributed by atoms with E-state index < -0.39 is 5.97 Å². The number of hydrogen-bond acceptors (Lipinski definition) is 4. The summed E-state index contributed by atoms with van der Waals surface area (Å²) in [6, 6.07) is 41.6. The number of ether oxygens (including phenoxy) is 1. The molecule has 0 spiro atoms. The first kappa shape index (κ1) is 24.6. The lowest BCUT2D eigenvalue weighted by Gasteiger charge is -2.26. The van der Waals surface area contributed by atoms with E-state index in [9.17, 15) is 9.90 Å². The van der Waals surface area contributed by atoms with Crippen LogP contribution in [0.3, 0.4) is 0 Å². The van der Waals surface area contributed by atoms with Gasteiger partial charge in [0.1, 0.15) is 11.5 Å². The van der Waals surface area contributed by atoms with Crippen LogP contribution in [0.2, 0.25) is 0 Å². The third-order valence-corrected chi connectivity index (χ3v) is 6.21. The van der Waals surface area contributed by atoms with Gasteiger partial charge in [0, 0.05) is 22.6 Å². The Hall–Kier alpha value is -5.09. The molecule has 0 saturated heterocycles. The van der Waals surface area contributed by atoms with E-state index in [1.807, 2.05) is 42.5 Å². The van der Waals surface area contributed by atoms with Crippen LogP contribution in [0.1, 0.15) is 6.92 Å². The Kier molecular flexibility index (Phi) is 7.05. The molecule has 38 heavy (non-hydrogen) atoms. The van der Waals surface area contributed by atoms with Gasteiger partial charge in [-0.25, -0.2) is 4.79 Å². The van der Waals surface area contributed by atoms with Gasteiger partial charge in [-0.1, -0.05) is 73.3 Å². The van der Waals surface area contributed by atoms with Crippen LogP contribution in [0.5, 0.6) is 11.5 Å². The number of rotatable bonds is 7. The van der Waals surface area contributed by atoms with Crippen LogP contribution in [0.15, 0.2) is 140 Å². The fraction of sp³-hybridized carbons (Fsp3) is 0.0294. The monoisotopic (exact) mass is 497 g/mol. The van der Waals surface area contributed by atoms with E-state index in [0.29, 0.717) is 11.3 Å². The first-order valence-corrected chi connectivity index (χ1v) is 12.3. The number of carbonyl (C=O) groups is 1. The Morgan fingerprint density at radius 3 is 1.45 bits per heavy atom. The van der Waals surface area contributed by atoms with Gasteiger partial charge in [0.05, 0.1) is 0 Å². The van der Waals surface area contributed by atoms with Crippen LogP contribution in [-0.4, -0.2) is 11.1 Å². The van der Waals surface area contributed by atoms with Crippen molar-refractivity contribution in [1.82, 2.24) is 0 Å². The summed E-state index contributed by atoms with van der Waals surface area (Å²) in [6.07, 6.45) is 0. The molecule has 4 nitrogen and oxygen atoms in total. The fourth-order valence-electron chi connectivity index (χ4n) is 4.20. The molecule has 0 fully saturated rings. The third kappa shape index (κ3) is 5.50. The number of carbonyl (C=O) groups excluding carboxylic acids is 1. The first-order valence-electron chi connectivity index (χ1n) is 12.3. The Morgan fingerprint density at radius 2 is 1.00 bits per heavy atom. The molecule has 0 unspecified atom stereocenters. The highest BCUT2D eigenvalue weighted by Crippen LogP contribution is 2.37. The van der Waals surface area contributed by atoms with Crippen LogP contribution in [-0.2, 0) is 4.79 Å². The zero-order chi connectivity index (χ0) is 26.5. The molecule has 0 amide bonds. The van der Waals surface area contributed by atoms with Gasteiger partial charge in [-0.15, -0.1) is 0 Å². The highest BCUT2D eigenvalue weighted by Gasteiger charge is 2.14. The fourth-order valence-corrected chi connectivity index (χ4v) is 4.20. The van der Waals surface area contributed by atoms with Crippen LogP contribution in [0, 0.1) is 0 Å². The third-order valence-electron chi connectivity index (χ3n) is 6.21. The molecule has 186 valence electrons. The van der Waals surface area contributed by atoms with Gasteiger partial charge in [-0.2, -0.15) is 0 Å². The minimum atomic E-state index is -0.448. The smallest absolute Gasteiger partial charge is 0.338 e. The van der Waals surface area contributed by atoms with Crippen LogP contribution in [0.25, 0.3) is 22.3 Å². The van der Waals surface area contributed by atoms with Gasteiger partial charge in [-0.3, -0.25) is 0 Å². The molecule has 0 saturated carbocycles. The summed E-state index contributed by atoms with van der Waals surface area (Å²) in [5.74, 6) is 0.257. The second-order valence-corrected chi connectivity index (χ2v) is 9.01. The molecular formula is C34H27NO3. The lowest BCUT2D eigenvalue weighted by Crippen LogP contribution is -2.11. The predicted octanol–water partition coefficient (Wildman–Crippen LogP) is 8.68. The largest absolute Gasteiger partial charge is 0.508 e. The zero-order valence-corrected chi connectivity index (χ0v) is 21.0. The topological polar surface area (TPSA) is 49.8 Å². The lowest BCUT2D eigenvalue weighted by molar-refractivity contribution is -0.130. The number of nitrogens with zero attached hydrogens (tertiary/aromatic N) is 1. The van der Waals surface area contributed by atoms with Crippen molar-refractivity contribution in [2.24, 2.45) is 0 Å². The summed E-state index contributed by atoms with van der Waals surface area (Å²) in [5, 5.41) is 9.62. The predicted molar refractivity (Wildman–Crippen MR) is 154 cm³/mol.